The van der Waals surface area contributed by atoms with E-state index in [9.17, 15) is 9.59 Å². The topological polar surface area (TPSA) is 101 Å². The third-order valence-corrected chi connectivity index (χ3v) is 2.59. The fourth-order valence-electron chi connectivity index (χ4n) is 1.43. The fourth-order valence-corrected chi connectivity index (χ4v) is 1.56. The Balaban J connectivity index is 1.96. The van der Waals surface area contributed by atoms with Gasteiger partial charge in [-0.25, -0.2) is 14.8 Å². The van der Waals surface area contributed by atoms with Gasteiger partial charge in [-0.1, -0.05) is 11.6 Å². The van der Waals surface area contributed by atoms with Crippen LogP contribution < -0.4 is 10.1 Å². The number of nitrogens with one attached hydrogen (secondary N) is 1. The van der Waals surface area contributed by atoms with Crippen LogP contribution in [-0.2, 0) is 4.79 Å². The number of carboxylic acids is 1. The summed E-state index contributed by atoms with van der Waals surface area (Å²) in [7, 11) is 0. The molecular weight excluding hydrogens is 298 g/mol. The second-order valence-electron chi connectivity index (χ2n) is 3.85. The SMILES string of the molecule is O=C(COc1ccc(Cl)cc1)Nc1nccnc1C(=O)O. The van der Waals surface area contributed by atoms with Crippen LogP contribution in [0, 0.1) is 0 Å². The zero-order chi connectivity index (χ0) is 15.2. The molecule has 8 heteroatoms. The van der Waals surface area contributed by atoms with Crippen molar-refractivity contribution in [2.24, 2.45) is 0 Å². The Morgan fingerprint density at radius 2 is 1.86 bits per heavy atom. The molecule has 7 nitrogen and oxygen atoms in total. The van der Waals surface area contributed by atoms with Gasteiger partial charge < -0.3 is 15.2 Å². The normalized spacial score (nSPS) is 9.95. The average Bonchev–Trinajstić information content (AvgIpc) is 2.47. The third kappa shape index (κ3) is 4.15. The number of aromatic carboxylic acids is 1. The molecule has 1 aromatic heterocycles. The van der Waals surface area contributed by atoms with E-state index in [0.29, 0.717) is 10.8 Å². The Morgan fingerprint density at radius 1 is 1.19 bits per heavy atom. The summed E-state index contributed by atoms with van der Waals surface area (Å²) >= 11 is 5.72. The van der Waals surface area contributed by atoms with Gasteiger partial charge in [-0.05, 0) is 24.3 Å². The van der Waals surface area contributed by atoms with Crippen molar-refractivity contribution in [3.8, 4) is 5.75 Å². The Kier molecular flexibility index (Phi) is 4.68. The molecule has 0 aliphatic rings. The molecule has 0 spiro atoms. The molecule has 0 bridgehead atoms. The summed E-state index contributed by atoms with van der Waals surface area (Å²) in [4.78, 5) is 30.0. The number of aromatic nitrogens is 2. The van der Waals surface area contributed by atoms with E-state index in [1.165, 1.54) is 12.4 Å². The Hall–Kier alpha value is -2.67. The summed E-state index contributed by atoms with van der Waals surface area (Å²) in [6.07, 6.45) is 2.51. The van der Waals surface area contributed by atoms with Crippen LogP contribution in [0.4, 0.5) is 5.82 Å². The molecule has 21 heavy (non-hydrogen) atoms. The van der Waals surface area contributed by atoms with Crippen molar-refractivity contribution in [3.63, 3.8) is 0 Å². The molecule has 0 radical (unpaired) electrons. The molecule has 1 amide bonds. The first kappa shape index (κ1) is 14.7. The summed E-state index contributed by atoms with van der Waals surface area (Å²) < 4.78 is 5.23. The molecule has 1 aromatic carbocycles. The van der Waals surface area contributed by atoms with Crippen molar-refractivity contribution in [1.82, 2.24) is 9.97 Å². The van der Waals surface area contributed by atoms with E-state index in [2.05, 4.69) is 15.3 Å². The molecule has 108 valence electrons. The maximum atomic E-state index is 11.7. The minimum Gasteiger partial charge on any atom is -0.484 e. The van der Waals surface area contributed by atoms with Gasteiger partial charge in [0, 0.05) is 17.4 Å². The molecule has 0 aliphatic heterocycles. The molecule has 0 atom stereocenters. The van der Waals surface area contributed by atoms with Gasteiger partial charge in [-0.2, -0.15) is 0 Å². The Morgan fingerprint density at radius 3 is 2.52 bits per heavy atom. The van der Waals surface area contributed by atoms with Gasteiger partial charge in [-0.15, -0.1) is 0 Å². The van der Waals surface area contributed by atoms with Crippen LogP contribution in [0.2, 0.25) is 5.02 Å². The minimum absolute atomic E-state index is 0.130. The molecule has 0 fully saturated rings. The van der Waals surface area contributed by atoms with Crippen LogP contribution in [0.3, 0.4) is 0 Å². The molecule has 0 saturated carbocycles. The van der Waals surface area contributed by atoms with E-state index in [1.54, 1.807) is 24.3 Å². The van der Waals surface area contributed by atoms with Crippen molar-refractivity contribution in [2.75, 3.05) is 11.9 Å². The highest BCUT2D eigenvalue weighted by Crippen LogP contribution is 2.15. The van der Waals surface area contributed by atoms with Crippen molar-refractivity contribution >= 4 is 29.3 Å². The van der Waals surface area contributed by atoms with E-state index < -0.39 is 11.9 Å². The maximum Gasteiger partial charge on any atom is 0.358 e. The molecule has 0 aliphatic carbocycles. The van der Waals surface area contributed by atoms with Gasteiger partial charge in [-0.3, -0.25) is 4.79 Å². The number of amides is 1. The predicted molar refractivity (Wildman–Crippen MR) is 74.6 cm³/mol. The Labute approximate surface area is 124 Å². The summed E-state index contributed by atoms with van der Waals surface area (Å²) in [5.41, 5.74) is -0.336. The van der Waals surface area contributed by atoms with Crippen LogP contribution in [0.5, 0.6) is 5.75 Å². The van der Waals surface area contributed by atoms with Gasteiger partial charge in [0.2, 0.25) is 0 Å². The number of benzene rings is 1. The number of rotatable bonds is 5. The lowest BCUT2D eigenvalue weighted by molar-refractivity contribution is -0.118. The summed E-state index contributed by atoms with van der Waals surface area (Å²) in [6, 6.07) is 6.47. The predicted octanol–water partition coefficient (Wildman–Crippen LogP) is 1.85. The first-order valence-electron chi connectivity index (χ1n) is 5.79. The number of ether oxygens (including phenoxy) is 1. The number of carbonyl (C=O) groups is 2. The van der Waals surface area contributed by atoms with Crippen molar-refractivity contribution in [1.29, 1.82) is 0 Å². The number of carbonyl (C=O) groups excluding carboxylic acids is 1. The lowest BCUT2D eigenvalue weighted by Crippen LogP contribution is -2.22. The molecule has 0 saturated heterocycles. The van der Waals surface area contributed by atoms with Crippen molar-refractivity contribution in [2.45, 2.75) is 0 Å². The number of anilines is 1. The standard InChI is InChI=1S/C13H10ClN3O4/c14-8-1-3-9(4-2-8)21-7-10(18)17-12-11(13(19)20)15-5-6-16-12/h1-6H,7H2,(H,19,20)(H,16,17,18). The van der Waals surface area contributed by atoms with Gasteiger partial charge in [0.15, 0.2) is 18.1 Å². The van der Waals surface area contributed by atoms with E-state index in [-0.39, 0.29) is 18.1 Å². The minimum atomic E-state index is -1.28. The number of halogens is 1. The van der Waals surface area contributed by atoms with Crippen LogP contribution in [0.1, 0.15) is 10.5 Å². The van der Waals surface area contributed by atoms with Crippen molar-refractivity contribution < 1.29 is 19.4 Å². The molecule has 0 unspecified atom stereocenters. The first-order chi connectivity index (χ1) is 10.1. The van der Waals surface area contributed by atoms with E-state index in [0.717, 1.165) is 0 Å². The van der Waals surface area contributed by atoms with Gasteiger partial charge >= 0.3 is 5.97 Å². The zero-order valence-corrected chi connectivity index (χ0v) is 11.4. The largest absolute Gasteiger partial charge is 0.484 e. The van der Waals surface area contributed by atoms with Crippen LogP contribution >= 0.6 is 11.6 Å². The monoisotopic (exact) mass is 307 g/mol. The fraction of sp³-hybridized carbons (Fsp3) is 0.0769. The molecule has 2 rings (SSSR count). The maximum absolute atomic E-state index is 11.7. The lowest BCUT2D eigenvalue weighted by Gasteiger charge is -2.08. The molecular formula is C13H10ClN3O4. The first-order valence-corrected chi connectivity index (χ1v) is 6.16. The summed E-state index contributed by atoms with van der Waals surface area (Å²) in [6.45, 7) is -0.294. The molecule has 1 heterocycles. The lowest BCUT2D eigenvalue weighted by atomic mass is 10.3. The quantitative estimate of drug-likeness (QED) is 0.874. The highest BCUT2D eigenvalue weighted by Gasteiger charge is 2.15. The summed E-state index contributed by atoms with van der Waals surface area (Å²) in [5, 5.41) is 11.8. The number of hydrogen-bond acceptors (Lipinski definition) is 5. The van der Waals surface area contributed by atoms with Gasteiger partial charge in [0.25, 0.3) is 5.91 Å². The highest BCUT2D eigenvalue weighted by atomic mass is 35.5. The van der Waals surface area contributed by atoms with Gasteiger partial charge in [0.05, 0.1) is 0 Å². The van der Waals surface area contributed by atoms with E-state index in [4.69, 9.17) is 21.4 Å². The second-order valence-corrected chi connectivity index (χ2v) is 4.29. The molecule has 2 N–H and O–H groups in total. The van der Waals surface area contributed by atoms with Gasteiger partial charge in [0.1, 0.15) is 5.75 Å². The second kappa shape index (κ2) is 6.67. The summed E-state index contributed by atoms with van der Waals surface area (Å²) in [5.74, 6) is -1.49. The highest BCUT2D eigenvalue weighted by molar-refractivity contribution is 6.30. The van der Waals surface area contributed by atoms with Crippen LogP contribution in [0.15, 0.2) is 36.7 Å². The number of nitrogens with zero attached hydrogens (tertiary/aromatic N) is 2. The Bertz CT molecular complexity index is 661. The van der Waals surface area contributed by atoms with Crippen LogP contribution in [-0.4, -0.2) is 33.6 Å². The smallest absolute Gasteiger partial charge is 0.358 e. The molecule has 2 aromatic rings. The van der Waals surface area contributed by atoms with Crippen LogP contribution in [0.25, 0.3) is 0 Å². The average molecular weight is 308 g/mol. The number of carboxylic acid groups (broad SMARTS) is 1. The number of hydrogen-bond donors (Lipinski definition) is 2. The van der Waals surface area contributed by atoms with Crippen molar-refractivity contribution in [3.05, 3.63) is 47.4 Å². The van der Waals surface area contributed by atoms with E-state index >= 15 is 0 Å². The third-order valence-electron chi connectivity index (χ3n) is 2.34. The zero-order valence-electron chi connectivity index (χ0n) is 10.6. The van der Waals surface area contributed by atoms with E-state index in [1.807, 2.05) is 0 Å².